The van der Waals surface area contributed by atoms with Gasteiger partial charge < -0.3 is 4.74 Å². The number of Topliss-reactive ketones (excluding diaryl/α,β-unsaturated/α-hetero) is 1. The number of hydrogen-bond donors (Lipinski definition) is 0. The molecule has 38 heavy (non-hydrogen) atoms. The first kappa shape index (κ1) is 22.8. The lowest BCUT2D eigenvalue weighted by Crippen LogP contribution is -2.40. The van der Waals surface area contributed by atoms with E-state index in [2.05, 4.69) is 12.2 Å². The second-order valence-corrected chi connectivity index (χ2v) is 10.7. The Hall–Kier alpha value is -4.32. The number of hydrogen-bond acceptors (Lipinski definition) is 5. The third-order valence-electron chi connectivity index (χ3n) is 8.67. The Morgan fingerprint density at radius 2 is 1.26 bits per heavy atom. The zero-order valence-corrected chi connectivity index (χ0v) is 20.5. The largest absolute Gasteiger partial charge is 0.454 e. The van der Waals surface area contributed by atoms with Crippen molar-refractivity contribution in [2.75, 3.05) is 11.5 Å². The normalized spacial score (nSPS) is 28.2. The van der Waals surface area contributed by atoms with Gasteiger partial charge in [0.15, 0.2) is 12.4 Å². The van der Waals surface area contributed by atoms with Gasteiger partial charge in [0.2, 0.25) is 11.8 Å². The molecule has 0 radical (unpaired) electrons. The average Bonchev–Trinajstić information content (AvgIpc) is 3.75. The van der Waals surface area contributed by atoms with Crippen LogP contribution in [0.25, 0.3) is 11.1 Å². The fraction of sp³-hybridized carbons (Fsp3) is 0.250. The number of ketones is 1. The molecule has 3 aromatic carbocycles. The molecular formula is C32H25NO5. The number of allylic oxidation sites excluding steroid dienone is 2. The zero-order chi connectivity index (χ0) is 26.0. The molecule has 1 heterocycles. The van der Waals surface area contributed by atoms with E-state index in [9.17, 15) is 19.2 Å². The Bertz CT molecular complexity index is 1460. The van der Waals surface area contributed by atoms with Crippen LogP contribution in [0.2, 0.25) is 0 Å². The number of rotatable bonds is 6. The fourth-order valence-corrected chi connectivity index (χ4v) is 6.73. The Balaban J connectivity index is 0.994. The molecule has 1 saturated heterocycles. The molecule has 2 saturated carbocycles. The topological polar surface area (TPSA) is 80.8 Å². The summed E-state index contributed by atoms with van der Waals surface area (Å²) in [7, 11) is 0. The van der Waals surface area contributed by atoms with Crippen LogP contribution in [0.4, 0.5) is 5.69 Å². The Labute approximate surface area is 219 Å². The molecule has 4 aliphatic carbocycles. The van der Waals surface area contributed by atoms with Crippen LogP contribution in [0.15, 0.2) is 91.0 Å². The minimum Gasteiger partial charge on any atom is -0.454 e. The van der Waals surface area contributed by atoms with Gasteiger partial charge in [0.25, 0.3) is 0 Å². The highest BCUT2D eigenvalue weighted by molar-refractivity contribution is 6.22. The van der Waals surface area contributed by atoms with Gasteiger partial charge in [0.1, 0.15) is 0 Å². The van der Waals surface area contributed by atoms with Crippen molar-refractivity contribution in [1.82, 2.24) is 0 Å². The van der Waals surface area contributed by atoms with Crippen LogP contribution >= 0.6 is 0 Å². The predicted molar refractivity (Wildman–Crippen MR) is 140 cm³/mol. The van der Waals surface area contributed by atoms with E-state index >= 15 is 0 Å². The van der Waals surface area contributed by atoms with Crippen LogP contribution < -0.4 is 4.90 Å². The molecule has 2 amide bonds. The fourth-order valence-electron chi connectivity index (χ4n) is 6.73. The summed E-state index contributed by atoms with van der Waals surface area (Å²) in [5, 5.41) is 0. The number of carbonyl (C=O) groups excluding carboxylic acids is 4. The Morgan fingerprint density at radius 3 is 1.87 bits per heavy atom. The van der Waals surface area contributed by atoms with Gasteiger partial charge in [-0.05, 0) is 65.5 Å². The highest BCUT2D eigenvalue weighted by atomic mass is 16.5. The van der Waals surface area contributed by atoms with E-state index in [1.807, 2.05) is 42.5 Å². The summed E-state index contributed by atoms with van der Waals surface area (Å²) in [4.78, 5) is 53.0. The quantitative estimate of drug-likeness (QED) is 0.206. The standard InChI is InChI=1S/C32H25NO5/c34-27(20-8-6-19(7-9-20)18-4-2-1-3-5-18)17-38-32(37)21-10-12-22(13-11-21)33-30(35)28-23-14-15-24(26-16-25(23)26)29(28)31(33)36/h1-15,23-26,28-29H,16-17H2/t23-,24+,25-,26-,28+,29+/m1/s1. The lowest BCUT2D eigenvalue weighted by Gasteiger charge is -2.37. The van der Waals surface area contributed by atoms with Crippen LogP contribution in [0, 0.1) is 35.5 Å². The molecule has 6 atom stereocenters. The molecule has 0 spiro atoms. The van der Waals surface area contributed by atoms with E-state index in [-0.39, 0.29) is 53.4 Å². The van der Waals surface area contributed by atoms with Crippen LogP contribution in [-0.4, -0.2) is 30.2 Å². The molecule has 6 heteroatoms. The highest BCUT2D eigenvalue weighted by Crippen LogP contribution is 2.65. The predicted octanol–water partition coefficient (Wildman–Crippen LogP) is 4.95. The van der Waals surface area contributed by atoms with Crippen molar-refractivity contribution in [3.63, 3.8) is 0 Å². The van der Waals surface area contributed by atoms with Crippen molar-refractivity contribution in [2.24, 2.45) is 35.5 Å². The van der Waals surface area contributed by atoms with Gasteiger partial charge in [-0.15, -0.1) is 0 Å². The zero-order valence-electron chi connectivity index (χ0n) is 20.5. The number of nitrogens with zero attached hydrogens (tertiary/aromatic N) is 1. The molecule has 3 fully saturated rings. The van der Waals surface area contributed by atoms with Crippen molar-refractivity contribution in [1.29, 1.82) is 0 Å². The molecule has 0 aromatic heterocycles. The van der Waals surface area contributed by atoms with Gasteiger partial charge in [0.05, 0.1) is 23.1 Å². The summed E-state index contributed by atoms with van der Waals surface area (Å²) in [6, 6.07) is 23.3. The molecule has 5 aliphatic rings. The molecule has 6 nitrogen and oxygen atoms in total. The lowest BCUT2D eigenvalue weighted by molar-refractivity contribution is -0.124. The number of carbonyl (C=O) groups is 4. The van der Waals surface area contributed by atoms with Crippen LogP contribution in [0.3, 0.4) is 0 Å². The maximum Gasteiger partial charge on any atom is 0.338 e. The average molecular weight is 504 g/mol. The van der Waals surface area contributed by atoms with Gasteiger partial charge in [-0.25, -0.2) is 4.79 Å². The van der Waals surface area contributed by atoms with E-state index < -0.39 is 5.97 Å². The molecular weight excluding hydrogens is 478 g/mol. The van der Waals surface area contributed by atoms with Gasteiger partial charge in [-0.3, -0.25) is 19.3 Å². The molecule has 2 bridgehead atoms. The third kappa shape index (κ3) is 3.55. The molecule has 0 unspecified atom stereocenters. The summed E-state index contributed by atoms with van der Waals surface area (Å²) in [6.07, 6.45) is 5.41. The monoisotopic (exact) mass is 503 g/mol. The van der Waals surface area contributed by atoms with Gasteiger partial charge in [-0.1, -0.05) is 66.7 Å². The second kappa shape index (κ2) is 8.62. The first-order valence-electron chi connectivity index (χ1n) is 13.0. The van der Waals surface area contributed by atoms with Gasteiger partial charge in [0, 0.05) is 5.56 Å². The van der Waals surface area contributed by atoms with E-state index in [0.29, 0.717) is 23.1 Å². The number of esters is 1. The van der Waals surface area contributed by atoms with E-state index in [0.717, 1.165) is 17.5 Å². The number of ether oxygens (including phenoxy) is 1. The Morgan fingerprint density at radius 1 is 0.711 bits per heavy atom. The first-order valence-corrected chi connectivity index (χ1v) is 13.0. The van der Waals surface area contributed by atoms with Crippen molar-refractivity contribution in [3.8, 4) is 11.1 Å². The van der Waals surface area contributed by atoms with Crippen LogP contribution in [-0.2, 0) is 14.3 Å². The number of benzene rings is 3. The Kier molecular flexibility index (Phi) is 5.18. The summed E-state index contributed by atoms with van der Waals surface area (Å²) in [6.45, 7) is -0.379. The maximum absolute atomic E-state index is 13.3. The van der Waals surface area contributed by atoms with Crippen molar-refractivity contribution in [3.05, 3.63) is 102 Å². The molecule has 188 valence electrons. The van der Waals surface area contributed by atoms with Crippen molar-refractivity contribution >= 4 is 29.3 Å². The van der Waals surface area contributed by atoms with Crippen molar-refractivity contribution < 1.29 is 23.9 Å². The minimum atomic E-state index is -0.638. The van der Waals surface area contributed by atoms with E-state index in [1.54, 1.807) is 24.3 Å². The summed E-state index contributed by atoms with van der Waals surface area (Å²) in [5.41, 5.74) is 3.22. The van der Waals surface area contributed by atoms with Gasteiger partial charge in [-0.2, -0.15) is 0 Å². The smallest absolute Gasteiger partial charge is 0.338 e. The third-order valence-corrected chi connectivity index (χ3v) is 8.67. The van der Waals surface area contributed by atoms with E-state index in [1.165, 1.54) is 17.0 Å². The molecule has 1 aliphatic heterocycles. The lowest BCUT2D eigenvalue weighted by atomic mass is 9.63. The number of amides is 2. The molecule has 8 rings (SSSR count). The summed E-state index contributed by atoms with van der Waals surface area (Å²) < 4.78 is 5.25. The summed E-state index contributed by atoms with van der Waals surface area (Å²) >= 11 is 0. The number of imide groups is 1. The SMILES string of the molecule is O=C(COC(=O)c1ccc(N2C(=O)[C@H]3[C@@H]4C=C[C@@H]([C@H]5C[C@H]45)[C@@H]3C2=O)cc1)c1ccc(-c2ccccc2)cc1. The van der Waals surface area contributed by atoms with Crippen LogP contribution in [0.5, 0.6) is 0 Å². The minimum absolute atomic E-state index is 0.135. The first-order chi connectivity index (χ1) is 18.5. The number of anilines is 1. The van der Waals surface area contributed by atoms with Crippen LogP contribution in [0.1, 0.15) is 27.1 Å². The van der Waals surface area contributed by atoms with Crippen molar-refractivity contribution in [2.45, 2.75) is 6.42 Å². The van der Waals surface area contributed by atoms with E-state index in [4.69, 9.17) is 4.74 Å². The molecule has 3 aromatic rings. The highest BCUT2D eigenvalue weighted by Gasteiger charge is 2.67. The van der Waals surface area contributed by atoms with Gasteiger partial charge >= 0.3 is 5.97 Å². The summed E-state index contributed by atoms with van der Waals surface area (Å²) in [5.74, 6) is -0.317. The second-order valence-electron chi connectivity index (χ2n) is 10.7. The maximum atomic E-state index is 13.3. The molecule has 0 N–H and O–H groups in total.